The Bertz CT molecular complexity index is 405. The van der Waals surface area contributed by atoms with E-state index in [2.05, 4.69) is 16.7 Å². The zero-order chi connectivity index (χ0) is 9.26. The Morgan fingerprint density at radius 2 is 2.15 bits per heavy atom. The Kier molecular flexibility index (Phi) is 2.07. The first kappa shape index (κ1) is 8.32. The normalized spacial score (nSPS) is 13.4. The molecule has 1 aromatic carbocycles. The topological polar surface area (TPSA) is 14.2 Å². The number of fused-ring (bicyclic) bond motifs is 1. The van der Waals surface area contributed by atoms with Crippen molar-refractivity contribution in [1.82, 2.24) is 4.57 Å². The van der Waals surface area contributed by atoms with Crippen molar-refractivity contribution in [3.63, 3.8) is 0 Å². The summed E-state index contributed by atoms with van der Waals surface area (Å²) < 4.78 is 7.31. The molecule has 0 aliphatic rings. The lowest BCUT2D eigenvalue weighted by Gasteiger charge is -2.12. The summed E-state index contributed by atoms with van der Waals surface area (Å²) in [6.07, 6.45) is 2.00. The van der Waals surface area contributed by atoms with Crippen LogP contribution in [0.2, 0.25) is 0 Å². The summed E-state index contributed by atoms with van der Waals surface area (Å²) in [4.78, 5) is 0. The van der Waals surface area contributed by atoms with E-state index in [1.165, 1.54) is 0 Å². The lowest BCUT2D eigenvalue weighted by atomic mass is 10.2. The van der Waals surface area contributed by atoms with Crippen molar-refractivity contribution in [2.24, 2.45) is 0 Å². The Morgan fingerprint density at radius 3 is 2.92 bits per heavy atom. The standard InChI is InChI=1S/C11H12NO/c1-9(13-2)12-8-7-10-5-3-4-6-11(10)12/h3-6,8-9H,1-2H3. The van der Waals surface area contributed by atoms with Gasteiger partial charge in [-0.15, -0.1) is 0 Å². The predicted molar refractivity (Wildman–Crippen MR) is 52.5 cm³/mol. The summed E-state index contributed by atoms with van der Waals surface area (Å²) in [6, 6.07) is 11.3. The second-order valence-corrected chi connectivity index (χ2v) is 3.03. The number of ether oxygens (including phenoxy) is 1. The van der Waals surface area contributed by atoms with Crippen LogP contribution in [0.4, 0.5) is 0 Å². The van der Waals surface area contributed by atoms with E-state index in [-0.39, 0.29) is 6.23 Å². The van der Waals surface area contributed by atoms with Gasteiger partial charge in [-0.25, -0.2) is 0 Å². The minimum Gasteiger partial charge on any atom is -0.362 e. The second kappa shape index (κ2) is 3.23. The number of para-hydroxylation sites is 1. The number of methoxy groups -OCH3 is 1. The summed E-state index contributed by atoms with van der Waals surface area (Å²) >= 11 is 0. The van der Waals surface area contributed by atoms with Crippen LogP contribution in [0.3, 0.4) is 0 Å². The van der Waals surface area contributed by atoms with Crippen LogP contribution in [0.5, 0.6) is 0 Å². The number of hydrogen-bond acceptors (Lipinski definition) is 1. The molecule has 67 valence electrons. The highest BCUT2D eigenvalue weighted by Gasteiger charge is 2.05. The highest BCUT2D eigenvalue weighted by Crippen LogP contribution is 2.19. The molecule has 1 aromatic heterocycles. The average Bonchev–Trinajstić information content (AvgIpc) is 2.60. The minimum atomic E-state index is 0.0659. The molecule has 0 fully saturated rings. The van der Waals surface area contributed by atoms with E-state index >= 15 is 0 Å². The van der Waals surface area contributed by atoms with Crippen molar-refractivity contribution in [2.45, 2.75) is 13.2 Å². The first-order valence-corrected chi connectivity index (χ1v) is 4.33. The molecule has 1 atom stereocenters. The van der Waals surface area contributed by atoms with Crippen LogP contribution in [0, 0.1) is 6.07 Å². The third-order valence-corrected chi connectivity index (χ3v) is 2.27. The molecule has 2 heteroatoms. The molecule has 1 radical (unpaired) electrons. The van der Waals surface area contributed by atoms with Crippen LogP contribution in [0.25, 0.3) is 10.9 Å². The Labute approximate surface area is 77.7 Å². The van der Waals surface area contributed by atoms with Crippen molar-refractivity contribution < 1.29 is 4.74 Å². The molecule has 1 heterocycles. The van der Waals surface area contributed by atoms with Gasteiger partial charge in [0.15, 0.2) is 0 Å². The maximum Gasteiger partial charge on any atom is 0.130 e. The van der Waals surface area contributed by atoms with Crippen molar-refractivity contribution in [2.75, 3.05) is 7.11 Å². The average molecular weight is 174 g/mol. The summed E-state index contributed by atoms with van der Waals surface area (Å²) in [7, 11) is 1.71. The van der Waals surface area contributed by atoms with Gasteiger partial charge in [0, 0.05) is 24.8 Å². The van der Waals surface area contributed by atoms with Gasteiger partial charge in [0.25, 0.3) is 0 Å². The molecule has 0 bridgehead atoms. The van der Waals surface area contributed by atoms with Gasteiger partial charge in [0.2, 0.25) is 0 Å². The van der Waals surface area contributed by atoms with Gasteiger partial charge in [-0.2, -0.15) is 0 Å². The van der Waals surface area contributed by atoms with Gasteiger partial charge in [-0.3, -0.25) is 0 Å². The van der Waals surface area contributed by atoms with E-state index in [0.717, 1.165) is 10.9 Å². The Hall–Kier alpha value is -1.28. The Morgan fingerprint density at radius 1 is 1.38 bits per heavy atom. The van der Waals surface area contributed by atoms with Gasteiger partial charge < -0.3 is 9.30 Å². The Balaban J connectivity index is 2.57. The molecular formula is C11H12NO. The molecular weight excluding hydrogens is 162 g/mol. The zero-order valence-electron chi connectivity index (χ0n) is 7.82. The fraction of sp³-hybridized carbons (Fsp3) is 0.273. The van der Waals surface area contributed by atoms with Crippen LogP contribution in [0.15, 0.2) is 30.5 Å². The van der Waals surface area contributed by atoms with Gasteiger partial charge in [-0.05, 0) is 13.0 Å². The third-order valence-electron chi connectivity index (χ3n) is 2.27. The molecule has 0 aliphatic heterocycles. The number of hydrogen-bond donors (Lipinski definition) is 0. The highest BCUT2D eigenvalue weighted by molar-refractivity contribution is 5.79. The molecule has 0 aliphatic carbocycles. The molecule has 1 unspecified atom stereocenters. The number of nitrogens with zero attached hydrogens (tertiary/aromatic N) is 1. The molecule has 0 saturated carbocycles. The lowest BCUT2D eigenvalue weighted by Crippen LogP contribution is -2.04. The molecule has 13 heavy (non-hydrogen) atoms. The van der Waals surface area contributed by atoms with Crippen LogP contribution >= 0.6 is 0 Å². The SMILES string of the molecule is COC(C)n1c[c]c2ccccc21. The van der Waals surface area contributed by atoms with Gasteiger partial charge in [-0.1, -0.05) is 18.2 Å². The lowest BCUT2D eigenvalue weighted by molar-refractivity contribution is 0.0642. The van der Waals surface area contributed by atoms with E-state index in [0.29, 0.717) is 0 Å². The molecule has 0 amide bonds. The van der Waals surface area contributed by atoms with Gasteiger partial charge >= 0.3 is 0 Å². The smallest absolute Gasteiger partial charge is 0.130 e. The van der Waals surface area contributed by atoms with Crippen LogP contribution in [0.1, 0.15) is 13.2 Å². The van der Waals surface area contributed by atoms with Crippen molar-refractivity contribution in [1.29, 1.82) is 0 Å². The minimum absolute atomic E-state index is 0.0659. The van der Waals surface area contributed by atoms with Crippen LogP contribution < -0.4 is 0 Å². The first-order valence-electron chi connectivity index (χ1n) is 4.33. The van der Waals surface area contributed by atoms with E-state index in [1.807, 2.05) is 31.3 Å². The van der Waals surface area contributed by atoms with E-state index in [1.54, 1.807) is 7.11 Å². The molecule has 2 nitrogen and oxygen atoms in total. The summed E-state index contributed by atoms with van der Waals surface area (Å²) in [5, 5.41) is 1.13. The number of benzene rings is 1. The van der Waals surface area contributed by atoms with Crippen molar-refractivity contribution >= 4 is 10.9 Å². The second-order valence-electron chi connectivity index (χ2n) is 3.03. The van der Waals surface area contributed by atoms with Gasteiger partial charge in [0.1, 0.15) is 6.23 Å². The maximum absolute atomic E-state index is 5.25. The van der Waals surface area contributed by atoms with E-state index in [4.69, 9.17) is 4.74 Å². The summed E-state index contributed by atoms with van der Waals surface area (Å²) in [6.45, 7) is 2.01. The third kappa shape index (κ3) is 1.33. The van der Waals surface area contributed by atoms with Crippen LogP contribution in [-0.2, 0) is 4.74 Å². The van der Waals surface area contributed by atoms with E-state index < -0.39 is 0 Å². The highest BCUT2D eigenvalue weighted by atomic mass is 16.5. The molecule has 2 rings (SSSR count). The summed E-state index contributed by atoms with van der Waals surface area (Å²) in [5.41, 5.74) is 1.16. The summed E-state index contributed by atoms with van der Waals surface area (Å²) in [5.74, 6) is 0. The zero-order valence-corrected chi connectivity index (χ0v) is 7.82. The molecule has 2 aromatic rings. The number of aromatic nitrogens is 1. The largest absolute Gasteiger partial charge is 0.362 e. The molecule has 0 spiro atoms. The fourth-order valence-corrected chi connectivity index (χ4v) is 1.44. The predicted octanol–water partition coefficient (Wildman–Crippen LogP) is 2.61. The van der Waals surface area contributed by atoms with Crippen LogP contribution in [-0.4, -0.2) is 11.7 Å². The molecule has 0 N–H and O–H groups in total. The number of rotatable bonds is 2. The maximum atomic E-state index is 5.25. The monoisotopic (exact) mass is 174 g/mol. The molecule has 0 saturated heterocycles. The first-order chi connectivity index (χ1) is 6.33. The van der Waals surface area contributed by atoms with Gasteiger partial charge in [0.05, 0.1) is 5.52 Å². The van der Waals surface area contributed by atoms with Crippen molar-refractivity contribution in [3.05, 3.63) is 36.5 Å². The van der Waals surface area contributed by atoms with Crippen molar-refractivity contribution in [3.8, 4) is 0 Å². The quantitative estimate of drug-likeness (QED) is 0.682. The van der Waals surface area contributed by atoms with E-state index in [9.17, 15) is 0 Å². The fourth-order valence-electron chi connectivity index (χ4n) is 1.44.